The van der Waals surface area contributed by atoms with Crippen molar-refractivity contribution in [2.75, 3.05) is 0 Å². The normalized spacial score (nSPS) is 42.6. The minimum Gasteiger partial charge on any atom is -0.328 e. The van der Waals surface area contributed by atoms with E-state index in [9.17, 15) is 0 Å². The van der Waals surface area contributed by atoms with Crippen LogP contribution in [0.3, 0.4) is 0 Å². The van der Waals surface area contributed by atoms with Gasteiger partial charge in [0.15, 0.2) is 0 Å². The highest BCUT2D eigenvalue weighted by molar-refractivity contribution is 4.87. The lowest BCUT2D eigenvalue weighted by atomic mass is 9.88. The van der Waals surface area contributed by atoms with Crippen molar-refractivity contribution in [3.8, 4) is 0 Å². The summed E-state index contributed by atoms with van der Waals surface area (Å²) in [6.45, 7) is 0. The van der Waals surface area contributed by atoms with Crippen LogP contribution in [0.5, 0.6) is 0 Å². The van der Waals surface area contributed by atoms with Crippen molar-refractivity contribution < 1.29 is 0 Å². The van der Waals surface area contributed by atoms with E-state index in [1.54, 1.807) is 0 Å². The topological polar surface area (TPSA) is 156 Å². The molecule has 4 unspecified atom stereocenters. The molecule has 0 aromatic rings. The van der Waals surface area contributed by atoms with Crippen LogP contribution >= 0.6 is 0 Å². The third-order valence-corrected chi connectivity index (χ3v) is 3.98. The standard InChI is InChI=1S/3C4H10N2.CH4/c5-3-1-4(6)2-3;2*5-3-1-2-4(3)6;/h3*3-4H,1-2,5-6H2;1H4. The molecule has 6 nitrogen and oxygen atoms in total. The number of hydrogen-bond donors (Lipinski definition) is 6. The SMILES string of the molecule is C.NC1CC(N)C1.NC1CCC1N.NC1CCC1N. The second-order valence-corrected chi connectivity index (χ2v) is 5.80. The molecule has 12 N–H and O–H groups in total. The fraction of sp³-hybridized carbons (Fsp3) is 1.00. The molecule has 0 aromatic heterocycles. The Balaban J connectivity index is 0.000000249. The van der Waals surface area contributed by atoms with Crippen LogP contribution in [-0.4, -0.2) is 36.3 Å². The highest BCUT2D eigenvalue weighted by Gasteiger charge is 2.22. The third kappa shape index (κ3) is 6.65. The van der Waals surface area contributed by atoms with Crippen LogP contribution in [0.15, 0.2) is 0 Å². The number of rotatable bonds is 0. The van der Waals surface area contributed by atoms with Gasteiger partial charge in [-0.3, -0.25) is 0 Å². The van der Waals surface area contributed by atoms with Crippen LogP contribution in [-0.2, 0) is 0 Å². The summed E-state index contributed by atoms with van der Waals surface area (Å²) in [6, 6.07) is 2.07. The summed E-state index contributed by atoms with van der Waals surface area (Å²) in [5, 5.41) is 0. The molecule has 3 rings (SSSR count). The second kappa shape index (κ2) is 8.84. The summed E-state index contributed by atoms with van der Waals surface area (Å²) in [5.41, 5.74) is 32.4. The molecule has 3 saturated carbocycles. The molecule has 0 saturated heterocycles. The lowest BCUT2D eigenvalue weighted by molar-refractivity contribution is 0.347. The molecule has 4 atom stereocenters. The Morgan fingerprint density at radius 2 is 0.684 bits per heavy atom. The Morgan fingerprint density at radius 1 is 0.474 bits per heavy atom. The summed E-state index contributed by atoms with van der Waals surface area (Å²) in [7, 11) is 0. The molecule has 0 aromatic carbocycles. The first-order valence-corrected chi connectivity index (χ1v) is 6.93. The smallest absolute Gasteiger partial charge is 0.0192 e. The zero-order chi connectivity index (χ0) is 13.7. The highest BCUT2D eigenvalue weighted by atomic mass is 14.8. The second-order valence-electron chi connectivity index (χ2n) is 5.80. The fourth-order valence-electron chi connectivity index (χ4n) is 1.81. The van der Waals surface area contributed by atoms with Crippen molar-refractivity contribution in [2.45, 2.75) is 82.2 Å². The van der Waals surface area contributed by atoms with Crippen molar-refractivity contribution in [3.63, 3.8) is 0 Å². The van der Waals surface area contributed by atoms with Crippen molar-refractivity contribution in [3.05, 3.63) is 0 Å². The Kier molecular flexibility index (Phi) is 8.73. The molecule has 116 valence electrons. The van der Waals surface area contributed by atoms with E-state index in [4.69, 9.17) is 34.4 Å². The van der Waals surface area contributed by atoms with Crippen molar-refractivity contribution in [1.82, 2.24) is 0 Å². The van der Waals surface area contributed by atoms with Crippen LogP contribution < -0.4 is 34.4 Å². The molecule has 3 aliphatic rings. The van der Waals surface area contributed by atoms with Gasteiger partial charge < -0.3 is 34.4 Å². The number of hydrogen-bond acceptors (Lipinski definition) is 6. The molecular formula is C13H34N6. The first-order chi connectivity index (χ1) is 8.40. The lowest BCUT2D eigenvalue weighted by Crippen LogP contribution is -2.49. The van der Waals surface area contributed by atoms with Crippen molar-refractivity contribution in [2.24, 2.45) is 34.4 Å². The molecule has 0 radical (unpaired) electrons. The van der Waals surface area contributed by atoms with E-state index in [0.717, 1.165) is 38.5 Å². The number of nitrogens with two attached hydrogens (primary N) is 6. The van der Waals surface area contributed by atoms with Gasteiger partial charge in [-0.25, -0.2) is 0 Å². The van der Waals surface area contributed by atoms with Gasteiger partial charge in [0.05, 0.1) is 0 Å². The fourth-order valence-corrected chi connectivity index (χ4v) is 1.81. The monoisotopic (exact) mass is 274 g/mol. The van der Waals surface area contributed by atoms with Gasteiger partial charge in [-0.1, -0.05) is 7.43 Å². The predicted molar refractivity (Wildman–Crippen MR) is 82.3 cm³/mol. The van der Waals surface area contributed by atoms with Gasteiger partial charge in [0.25, 0.3) is 0 Å². The predicted octanol–water partition coefficient (Wildman–Crippen LogP) is -1.06. The van der Waals surface area contributed by atoms with Gasteiger partial charge in [-0.15, -0.1) is 0 Å². The third-order valence-electron chi connectivity index (χ3n) is 3.98. The molecule has 3 fully saturated rings. The van der Waals surface area contributed by atoms with Crippen molar-refractivity contribution >= 4 is 0 Å². The molecule has 0 heterocycles. The summed E-state index contributed by atoms with van der Waals surface area (Å²) in [5.74, 6) is 0. The van der Waals surface area contributed by atoms with E-state index >= 15 is 0 Å². The molecule has 19 heavy (non-hydrogen) atoms. The molecular weight excluding hydrogens is 240 g/mol. The average Bonchev–Trinajstić information content (AvgIpc) is 2.34. The van der Waals surface area contributed by atoms with Crippen molar-refractivity contribution in [1.29, 1.82) is 0 Å². The first kappa shape index (κ1) is 18.8. The van der Waals surface area contributed by atoms with E-state index in [1.165, 1.54) is 0 Å². The Hall–Kier alpha value is -0.240. The Morgan fingerprint density at radius 3 is 0.684 bits per heavy atom. The maximum atomic E-state index is 5.40. The largest absolute Gasteiger partial charge is 0.328 e. The van der Waals surface area contributed by atoms with Gasteiger partial charge in [0.1, 0.15) is 0 Å². The van der Waals surface area contributed by atoms with E-state index in [-0.39, 0.29) is 7.43 Å². The maximum Gasteiger partial charge on any atom is 0.0192 e. The Labute approximate surface area is 117 Å². The average molecular weight is 274 g/mol. The van der Waals surface area contributed by atoms with Crippen LogP contribution in [0.1, 0.15) is 46.0 Å². The molecule has 0 bridgehead atoms. The lowest BCUT2D eigenvalue weighted by Gasteiger charge is -2.29. The Bertz CT molecular complexity index is 193. The van der Waals surface area contributed by atoms with E-state index in [1.807, 2.05) is 0 Å². The van der Waals surface area contributed by atoms with E-state index in [0.29, 0.717) is 36.3 Å². The van der Waals surface area contributed by atoms with Gasteiger partial charge >= 0.3 is 0 Å². The minimum absolute atomic E-state index is 0. The van der Waals surface area contributed by atoms with E-state index in [2.05, 4.69) is 0 Å². The van der Waals surface area contributed by atoms with Crippen LogP contribution in [0.25, 0.3) is 0 Å². The quantitative estimate of drug-likeness (QED) is 0.330. The van der Waals surface area contributed by atoms with Gasteiger partial charge in [-0.2, -0.15) is 0 Å². The van der Waals surface area contributed by atoms with Gasteiger partial charge in [-0.05, 0) is 38.5 Å². The molecule has 6 heteroatoms. The zero-order valence-corrected chi connectivity index (χ0v) is 11.2. The van der Waals surface area contributed by atoms with Crippen LogP contribution in [0.4, 0.5) is 0 Å². The summed E-state index contributed by atoms with van der Waals surface area (Å²) in [4.78, 5) is 0. The van der Waals surface area contributed by atoms with Gasteiger partial charge in [0.2, 0.25) is 0 Å². The molecule has 0 spiro atoms. The maximum absolute atomic E-state index is 5.40. The minimum atomic E-state index is 0. The van der Waals surface area contributed by atoms with E-state index < -0.39 is 0 Å². The highest BCUT2D eigenvalue weighted by Crippen LogP contribution is 2.14. The summed E-state index contributed by atoms with van der Waals surface area (Å²) >= 11 is 0. The molecule has 0 aliphatic heterocycles. The molecule has 3 aliphatic carbocycles. The molecule has 0 amide bonds. The first-order valence-electron chi connectivity index (χ1n) is 6.93. The van der Waals surface area contributed by atoms with Crippen LogP contribution in [0, 0.1) is 0 Å². The summed E-state index contributed by atoms with van der Waals surface area (Å²) in [6.07, 6.45) is 6.56. The summed E-state index contributed by atoms with van der Waals surface area (Å²) < 4.78 is 0. The zero-order valence-electron chi connectivity index (χ0n) is 11.2. The van der Waals surface area contributed by atoms with Gasteiger partial charge in [0, 0.05) is 36.3 Å². The van der Waals surface area contributed by atoms with Crippen LogP contribution in [0.2, 0.25) is 0 Å².